The lowest BCUT2D eigenvalue weighted by Crippen LogP contribution is -2.30. The van der Waals surface area contributed by atoms with E-state index in [0.717, 1.165) is 23.9 Å². The quantitative estimate of drug-likeness (QED) is 0.762. The van der Waals surface area contributed by atoms with Crippen molar-refractivity contribution in [3.63, 3.8) is 0 Å². The predicted octanol–water partition coefficient (Wildman–Crippen LogP) is 3.77. The zero-order valence-corrected chi connectivity index (χ0v) is 14.3. The summed E-state index contributed by atoms with van der Waals surface area (Å²) in [6, 6.07) is 10.00. The highest BCUT2D eigenvalue weighted by atomic mass is 28.4. The topological polar surface area (TPSA) is 32.6 Å². The van der Waals surface area contributed by atoms with E-state index in [0.29, 0.717) is 0 Å². The molecule has 0 unspecified atom stereocenters. The fourth-order valence-electron chi connectivity index (χ4n) is 2.02. The molecule has 0 spiro atoms. The van der Waals surface area contributed by atoms with E-state index in [1.165, 1.54) is 5.56 Å². The summed E-state index contributed by atoms with van der Waals surface area (Å²) in [5, 5.41) is 0. The minimum Gasteiger partial charge on any atom is -0.532 e. The van der Waals surface area contributed by atoms with Crippen LogP contribution < -0.4 is 13.9 Å². The maximum Gasteiger partial charge on any atom is 0.244 e. The van der Waals surface area contributed by atoms with Crippen LogP contribution in [-0.4, -0.2) is 27.1 Å². The smallest absolute Gasteiger partial charge is 0.244 e. The van der Waals surface area contributed by atoms with Gasteiger partial charge in [-0.1, -0.05) is 12.1 Å². The maximum atomic E-state index is 6.13. The van der Waals surface area contributed by atoms with Crippen molar-refractivity contribution in [3.8, 4) is 17.4 Å². The van der Waals surface area contributed by atoms with Crippen molar-refractivity contribution in [3.05, 3.63) is 42.1 Å². The molecular weight excluding hydrogens is 282 g/mol. The Kier molecular flexibility index (Phi) is 4.62. The van der Waals surface area contributed by atoms with Crippen molar-refractivity contribution < 1.29 is 13.9 Å². The second-order valence-electron chi connectivity index (χ2n) is 5.91. The summed E-state index contributed by atoms with van der Waals surface area (Å²) in [5.41, 5.74) is 1.19. The third kappa shape index (κ3) is 4.29. The van der Waals surface area contributed by atoms with Gasteiger partial charge >= 0.3 is 0 Å². The molecule has 0 N–H and O–H groups in total. The van der Waals surface area contributed by atoms with Crippen LogP contribution in [0.15, 0.2) is 36.5 Å². The second-order valence-corrected chi connectivity index (χ2v) is 10.3. The van der Waals surface area contributed by atoms with Crippen LogP contribution in [0.25, 0.3) is 0 Å². The number of rotatable bonds is 6. The molecule has 0 aliphatic rings. The van der Waals surface area contributed by atoms with E-state index in [-0.39, 0.29) is 0 Å². The Morgan fingerprint density at radius 2 is 1.57 bits per heavy atom. The molecule has 4 nitrogen and oxygen atoms in total. The molecule has 0 saturated carbocycles. The summed E-state index contributed by atoms with van der Waals surface area (Å²) in [6.07, 6.45) is 1.97. The van der Waals surface area contributed by atoms with Crippen molar-refractivity contribution >= 4 is 8.32 Å². The van der Waals surface area contributed by atoms with Crippen molar-refractivity contribution in [1.82, 2.24) is 4.57 Å². The first-order valence-corrected chi connectivity index (χ1v) is 10.4. The molecule has 0 bridgehead atoms. The molecular formula is C16H23NO3Si. The summed E-state index contributed by atoms with van der Waals surface area (Å²) in [6.45, 7) is 7.26. The molecule has 21 heavy (non-hydrogen) atoms. The van der Waals surface area contributed by atoms with Crippen LogP contribution >= 0.6 is 0 Å². The zero-order chi connectivity index (χ0) is 15.5. The van der Waals surface area contributed by atoms with E-state index in [9.17, 15) is 0 Å². The van der Waals surface area contributed by atoms with Crippen LogP contribution in [-0.2, 0) is 6.54 Å². The summed E-state index contributed by atoms with van der Waals surface area (Å²) in [7, 11) is 1.69. The molecule has 1 aromatic heterocycles. The van der Waals surface area contributed by atoms with Gasteiger partial charge in [0.05, 0.1) is 20.8 Å². The maximum absolute atomic E-state index is 6.13. The minimum atomic E-state index is -1.66. The second kappa shape index (κ2) is 6.26. The van der Waals surface area contributed by atoms with Crippen LogP contribution in [0.1, 0.15) is 5.56 Å². The van der Waals surface area contributed by atoms with Gasteiger partial charge < -0.3 is 18.5 Å². The van der Waals surface area contributed by atoms with Crippen LogP contribution in [0.3, 0.4) is 0 Å². The Labute approximate surface area is 127 Å². The van der Waals surface area contributed by atoms with Gasteiger partial charge in [-0.25, -0.2) is 0 Å². The summed E-state index contributed by atoms with van der Waals surface area (Å²) in [5.74, 6) is 2.54. The number of nitrogens with zero attached hydrogens (tertiary/aromatic N) is 1. The number of benzene rings is 1. The van der Waals surface area contributed by atoms with Crippen LogP contribution in [0.5, 0.6) is 17.4 Å². The Morgan fingerprint density at radius 3 is 2.10 bits per heavy atom. The van der Waals surface area contributed by atoms with Crippen molar-refractivity contribution in [1.29, 1.82) is 0 Å². The van der Waals surface area contributed by atoms with Crippen LogP contribution in [0, 0.1) is 0 Å². The Balaban J connectivity index is 2.22. The van der Waals surface area contributed by atoms with Gasteiger partial charge in [0.15, 0.2) is 5.88 Å². The monoisotopic (exact) mass is 305 g/mol. The van der Waals surface area contributed by atoms with Gasteiger partial charge in [0.25, 0.3) is 0 Å². The number of ether oxygens (including phenoxy) is 2. The van der Waals surface area contributed by atoms with E-state index >= 15 is 0 Å². The normalized spacial score (nSPS) is 11.3. The molecule has 1 heterocycles. The highest BCUT2D eigenvalue weighted by Crippen LogP contribution is 2.26. The van der Waals surface area contributed by atoms with Gasteiger partial charge in [0.2, 0.25) is 8.32 Å². The minimum absolute atomic E-state index is 0.743. The molecule has 0 atom stereocenters. The predicted molar refractivity (Wildman–Crippen MR) is 87.1 cm³/mol. The fourth-order valence-corrected chi connectivity index (χ4v) is 2.83. The zero-order valence-electron chi connectivity index (χ0n) is 13.3. The highest BCUT2D eigenvalue weighted by molar-refractivity contribution is 6.70. The first kappa shape index (κ1) is 15.5. The molecule has 5 heteroatoms. The lowest BCUT2D eigenvalue weighted by molar-refractivity contribution is 0.413. The van der Waals surface area contributed by atoms with E-state index in [1.54, 1.807) is 14.2 Å². The average Bonchev–Trinajstić information content (AvgIpc) is 2.80. The van der Waals surface area contributed by atoms with Gasteiger partial charge in [-0.3, -0.25) is 0 Å². The van der Waals surface area contributed by atoms with Gasteiger partial charge in [0.1, 0.15) is 11.5 Å². The molecule has 0 saturated heterocycles. The van der Waals surface area contributed by atoms with Gasteiger partial charge in [-0.15, -0.1) is 0 Å². The van der Waals surface area contributed by atoms with Crippen LogP contribution in [0.2, 0.25) is 19.6 Å². The van der Waals surface area contributed by atoms with Gasteiger partial charge in [0, 0.05) is 12.3 Å². The molecule has 2 aromatic rings. The lowest BCUT2D eigenvalue weighted by atomic mass is 10.2. The molecule has 0 aliphatic heterocycles. The van der Waals surface area contributed by atoms with E-state index in [4.69, 9.17) is 13.9 Å². The Bertz CT molecular complexity index is 585. The van der Waals surface area contributed by atoms with Crippen molar-refractivity contribution in [2.45, 2.75) is 26.2 Å². The van der Waals surface area contributed by atoms with Gasteiger partial charge in [-0.2, -0.15) is 0 Å². The molecule has 0 amide bonds. The first-order chi connectivity index (χ1) is 9.91. The molecule has 1 aromatic carbocycles. The SMILES string of the molecule is COc1ccc(Cn2cc(OC)cc2O[Si](C)(C)C)cc1. The van der Waals surface area contributed by atoms with E-state index < -0.39 is 8.32 Å². The first-order valence-electron chi connectivity index (χ1n) is 6.97. The molecule has 2 rings (SSSR count). The molecule has 0 aliphatic carbocycles. The summed E-state index contributed by atoms with van der Waals surface area (Å²) in [4.78, 5) is 0. The molecule has 114 valence electrons. The van der Waals surface area contributed by atoms with E-state index in [1.807, 2.05) is 24.4 Å². The number of methoxy groups -OCH3 is 2. The van der Waals surface area contributed by atoms with Gasteiger partial charge in [-0.05, 0) is 37.3 Å². The van der Waals surface area contributed by atoms with Crippen molar-refractivity contribution in [2.24, 2.45) is 0 Å². The molecule has 0 fully saturated rings. The average molecular weight is 305 g/mol. The van der Waals surface area contributed by atoms with E-state index in [2.05, 4.69) is 36.3 Å². The summed E-state index contributed by atoms with van der Waals surface area (Å²) < 4.78 is 18.7. The third-order valence-electron chi connectivity index (χ3n) is 2.99. The fraction of sp³-hybridized carbons (Fsp3) is 0.375. The van der Waals surface area contributed by atoms with Crippen molar-refractivity contribution in [2.75, 3.05) is 14.2 Å². The summed E-state index contributed by atoms with van der Waals surface area (Å²) >= 11 is 0. The lowest BCUT2D eigenvalue weighted by Gasteiger charge is -2.20. The number of hydrogen-bond donors (Lipinski definition) is 0. The Morgan fingerprint density at radius 1 is 0.952 bits per heavy atom. The standard InChI is InChI=1S/C16H23NO3Si/c1-18-14-8-6-13(7-9-14)11-17-12-15(19-2)10-16(17)20-21(3,4)5/h6-10,12H,11H2,1-5H3. The highest BCUT2D eigenvalue weighted by Gasteiger charge is 2.19. The Hall–Kier alpha value is -1.88. The third-order valence-corrected chi connectivity index (χ3v) is 3.81. The largest absolute Gasteiger partial charge is 0.532 e. The molecule has 0 radical (unpaired) electrons. The number of hydrogen-bond acceptors (Lipinski definition) is 3. The van der Waals surface area contributed by atoms with Crippen LogP contribution in [0.4, 0.5) is 0 Å². The number of aromatic nitrogens is 1.